The predicted molar refractivity (Wildman–Crippen MR) is 103 cm³/mol. The Bertz CT molecular complexity index is 582. The summed E-state index contributed by atoms with van der Waals surface area (Å²) in [6, 6.07) is 7.93. The molecule has 0 saturated carbocycles. The van der Waals surface area contributed by atoms with Gasteiger partial charge in [0.2, 0.25) is 11.8 Å². The van der Waals surface area contributed by atoms with Gasteiger partial charge in [-0.2, -0.15) is 0 Å². The molecular weight excluding hydrogens is 314 g/mol. The Hall–Kier alpha value is -2.04. The summed E-state index contributed by atoms with van der Waals surface area (Å²) >= 11 is 0. The van der Waals surface area contributed by atoms with Gasteiger partial charge in [0.1, 0.15) is 0 Å². The van der Waals surface area contributed by atoms with Crippen LogP contribution in [0.5, 0.6) is 0 Å². The summed E-state index contributed by atoms with van der Waals surface area (Å²) in [7, 11) is 0. The number of piperidine rings is 1. The highest BCUT2D eigenvalue weighted by Gasteiger charge is 2.17. The average Bonchev–Trinajstić information content (AvgIpc) is 2.53. The van der Waals surface area contributed by atoms with Gasteiger partial charge in [0, 0.05) is 30.9 Å². The maximum Gasteiger partial charge on any atom is 0.243 e. The quantitative estimate of drug-likeness (QED) is 0.860. The van der Waals surface area contributed by atoms with Gasteiger partial charge < -0.3 is 15.5 Å². The van der Waals surface area contributed by atoms with E-state index in [1.807, 2.05) is 45.0 Å². The van der Waals surface area contributed by atoms with Crippen molar-refractivity contribution in [2.45, 2.75) is 47.0 Å². The maximum atomic E-state index is 12.0. The minimum atomic E-state index is -0.207. The van der Waals surface area contributed by atoms with Crippen molar-refractivity contribution >= 4 is 23.2 Å². The van der Waals surface area contributed by atoms with E-state index in [9.17, 15) is 9.59 Å². The number of benzene rings is 1. The molecule has 1 aliphatic heterocycles. The molecule has 2 N–H and O–H groups in total. The van der Waals surface area contributed by atoms with Crippen molar-refractivity contribution in [2.75, 3.05) is 29.9 Å². The van der Waals surface area contributed by atoms with E-state index in [-0.39, 0.29) is 23.8 Å². The molecule has 1 aromatic carbocycles. The Morgan fingerprint density at radius 2 is 1.68 bits per heavy atom. The fourth-order valence-electron chi connectivity index (χ4n) is 2.95. The van der Waals surface area contributed by atoms with Crippen molar-refractivity contribution in [3.63, 3.8) is 0 Å². The molecule has 0 bridgehead atoms. The predicted octanol–water partition coefficient (Wildman–Crippen LogP) is 3.41. The Labute approximate surface area is 151 Å². The van der Waals surface area contributed by atoms with Crippen LogP contribution in [0.15, 0.2) is 24.3 Å². The number of amides is 2. The summed E-state index contributed by atoms with van der Waals surface area (Å²) in [6.07, 6.45) is 2.86. The number of nitrogens with one attached hydrogen (secondary N) is 2. The first-order valence-corrected chi connectivity index (χ1v) is 9.14. The van der Waals surface area contributed by atoms with E-state index >= 15 is 0 Å². The third-order valence-corrected chi connectivity index (χ3v) is 4.44. The lowest BCUT2D eigenvalue weighted by molar-refractivity contribution is -0.125. The van der Waals surface area contributed by atoms with Crippen molar-refractivity contribution in [3.8, 4) is 0 Å². The van der Waals surface area contributed by atoms with Crippen molar-refractivity contribution < 1.29 is 9.59 Å². The Balaban J connectivity index is 1.78. The molecule has 25 heavy (non-hydrogen) atoms. The molecule has 0 atom stereocenters. The molecule has 1 fully saturated rings. The number of carbonyl (C=O) groups is 2. The summed E-state index contributed by atoms with van der Waals surface area (Å²) in [5.41, 5.74) is 1.87. The van der Waals surface area contributed by atoms with Gasteiger partial charge in [-0.1, -0.05) is 27.7 Å². The standard InChI is InChI=1S/C20H31N3O2/c1-15-9-11-23(12-10-15)17-7-5-16(6-8-17)22-19(25)14-21-18(24)13-20(2,3)4/h5-8,15H,9-14H2,1-4H3,(H,21,24)(H,22,25). The molecule has 5 nitrogen and oxygen atoms in total. The van der Waals surface area contributed by atoms with Crippen molar-refractivity contribution in [1.82, 2.24) is 5.32 Å². The lowest BCUT2D eigenvalue weighted by Gasteiger charge is -2.32. The van der Waals surface area contributed by atoms with Crippen LogP contribution in [-0.2, 0) is 9.59 Å². The fraction of sp³-hybridized carbons (Fsp3) is 0.600. The van der Waals surface area contributed by atoms with Crippen LogP contribution in [-0.4, -0.2) is 31.4 Å². The SMILES string of the molecule is CC1CCN(c2ccc(NC(=O)CNC(=O)CC(C)(C)C)cc2)CC1. The number of rotatable bonds is 5. The minimum absolute atomic E-state index is 0.000673. The normalized spacial score (nSPS) is 15.8. The van der Waals surface area contributed by atoms with Crippen LogP contribution in [0.4, 0.5) is 11.4 Å². The van der Waals surface area contributed by atoms with Gasteiger partial charge in [-0.3, -0.25) is 9.59 Å². The molecule has 2 amide bonds. The van der Waals surface area contributed by atoms with Crippen molar-refractivity contribution in [2.24, 2.45) is 11.3 Å². The number of carbonyl (C=O) groups excluding carboxylic acids is 2. The molecule has 0 unspecified atom stereocenters. The molecule has 0 spiro atoms. The van der Waals surface area contributed by atoms with Crippen molar-refractivity contribution in [1.29, 1.82) is 0 Å². The first-order valence-electron chi connectivity index (χ1n) is 9.14. The molecule has 2 rings (SSSR count). The van der Waals surface area contributed by atoms with Gasteiger partial charge in [-0.05, 0) is 48.4 Å². The zero-order chi connectivity index (χ0) is 18.4. The number of nitrogens with zero attached hydrogens (tertiary/aromatic N) is 1. The molecule has 0 radical (unpaired) electrons. The zero-order valence-electron chi connectivity index (χ0n) is 15.9. The highest BCUT2D eigenvalue weighted by molar-refractivity contribution is 5.94. The molecule has 0 aliphatic carbocycles. The molecule has 0 aromatic heterocycles. The fourth-order valence-corrected chi connectivity index (χ4v) is 2.95. The first-order chi connectivity index (χ1) is 11.7. The number of anilines is 2. The highest BCUT2D eigenvalue weighted by atomic mass is 16.2. The van der Waals surface area contributed by atoms with Crippen LogP contribution in [0.25, 0.3) is 0 Å². The first kappa shape index (κ1) is 19.3. The summed E-state index contributed by atoms with van der Waals surface area (Å²) in [4.78, 5) is 26.1. The Morgan fingerprint density at radius 3 is 2.24 bits per heavy atom. The molecule has 1 heterocycles. The van der Waals surface area contributed by atoms with Gasteiger partial charge in [0.15, 0.2) is 0 Å². The number of hydrogen-bond donors (Lipinski definition) is 2. The van der Waals surface area contributed by atoms with E-state index < -0.39 is 0 Å². The summed E-state index contributed by atoms with van der Waals surface area (Å²) < 4.78 is 0. The summed E-state index contributed by atoms with van der Waals surface area (Å²) in [6.45, 7) is 10.5. The summed E-state index contributed by atoms with van der Waals surface area (Å²) in [5, 5.41) is 5.49. The Morgan fingerprint density at radius 1 is 1.08 bits per heavy atom. The third-order valence-electron chi connectivity index (χ3n) is 4.44. The topological polar surface area (TPSA) is 61.4 Å². The van der Waals surface area contributed by atoms with Crippen LogP contribution < -0.4 is 15.5 Å². The van der Waals surface area contributed by atoms with E-state index in [2.05, 4.69) is 22.5 Å². The zero-order valence-corrected chi connectivity index (χ0v) is 15.9. The van der Waals surface area contributed by atoms with Crippen LogP contribution in [0.3, 0.4) is 0 Å². The van der Waals surface area contributed by atoms with E-state index in [1.165, 1.54) is 18.5 Å². The molecule has 1 saturated heterocycles. The molecule has 138 valence electrons. The second kappa shape index (κ2) is 8.37. The Kier molecular flexibility index (Phi) is 6.45. The molecule has 1 aliphatic rings. The van der Waals surface area contributed by atoms with Gasteiger partial charge >= 0.3 is 0 Å². The van der Waals surface area contributed by atoms with E-state index in [1.54, 1.807) is 0 Å². The van der Waals surface area contributed by atoms with Crippen LogP contribution in [0, 0.1) is 11.3 Å². The van der Waals surface area contributed by atoms with Crippen LogP contribution in [0.2, 0.25) is 0 Å². The van der Waals surface area contributed by atoms with Gasteiger partial charge in [0.25, 0.3) is 0 Å². The molecular formula is C20H31N3O2. The number of hydrogen-bond acceptors (Lipinski definition) is 3. The monoisotopic (exact) mass is 345 g/mol. The second-order valence-electron chi connectivity index (χ2n) is 8.28. The average molecular weight is 345 g/mol. The van der Waals surface area contributed by atoms with Crippen LogP contribution >= 0.6 is 0 Å². The second-order valence-corrected chi connectivity index (χ2v) is 8.28. The van der Waals surface area contributed by atoms with Crippen molar-refractivity contribution in [3.05, 3.63) is 24.3 Å². The smallest absolute Gasteiger partial charge is 0.243 e. The lowest BCUT2D eigenvalue weighted by Crippen LogP contribution is -2.34. The third kappa shape index (κ3) is 6.77. The van der Waals surface area contributed by atoms with Gasteiger partial charge in [-0.15, -0.1) is 0 Å². The highest BCUT2D eigenvalue weighted by Crippen LogP contribution is 2.24. The van der Waals surface area contributed by atoms with Gasteiger partial charge in [0.05, 0.1) is 6.54 Å². The molecule has 5 heteroatoms. The minimum Gasteiger partial charge on any atom is -0.372 e. The largest absolute Gasteiger partial charge is 0.372 e. The summed E-state index contributed by atoms with van der Waals surface area (Å²) in [5.74, 6) is 0.502. The van der Waals surface area contributed by atoms with Crippen LogP contribution in [0.1, 0.15) is 47.0 Å². The van der Waals surface area contributed by atoms with Gasteiger partial charge in [-0.25, -0.2) is 0 Å². The molecule has 1 aromatic rings. The maximum absolute atomic E-state index is 12.0. The van der Waals surface area contributed by atoms with E-state index in [4.69, 9.17) is 0 Å². The lowest BCUT2D eigenvalue weighted by atomic mass is 9.92. The van der Waals surface area contributed by atoms with E-state index in [0.717, 1.165) is 24.7 Å². The van der Waals surface area contributed by atoms with E-state index in [0.29, 0.717) is 6.42 Å².